The molecule has 0 aliphatic rings. The topological polar surface area (TPSA) is 68.2 Å². The lowest BCUT2D eigenvalue weighted by Crippen LogP contribution is -2.29. The summed E-state index contributed by atoms with van der Waals surface area (Å²) in [5.41, 5.74) is 0. The Balaban J connectivity index is 3.95. The molecule has 0 aromatic heterocycles. The number of aliphatic hydroxyl groups excluding tert-OH is 1. The third-order valence-electron chi connectivity index (χ3n) is 9.41. The van der Waals surface area contributed by atoms with Crippen LogP contribution in [0.5, 0.6) is 0 Å². The van der Waals surface area contributed by atoms with Gasteiger partial charge in [0.15, 0.2) is 6.29 Å². The minimum atomic E-state index is -0.0869. The van der Waals surface area contributed by atoms with Gasteiger partial charge in [-0.05, 0) is 77.3 Å². The normalized spacial score (nSPS) is 12.0. The average Bonchev–Trinajstić information content (AvgIpc) is 3.12. The van der Waals surface area contributed by atoms with Crippen LogP contribution >= 0.6 is 0 Å². The van der Waals surface area contributed by atoms with Gasteiger partial charge < -0.3 is 24.2 Å². The molecule has 0 spiro atoms. The first kappa shape index (κ1) is 48.8. The van der Waals surface area contributed by atoms with Crippen LogP contribution in [0, 0.1) is 0 Å². The summed E-state index contributed by atoms with van der Waals surface area (Å²) < 4.78 is 17.7. The summed E-state index contributed by atoms with van der Waals surface area (Å²) in [5, 5.41) is 9.55. The van der Waals surface area contributed by atoms with Crippen LogP contribution in [0.2, 0.25) is 0 Å². The Kier molecular flexibility index (Phi) is 41.2. The van der Waals surface area contributed by atoms with E-state index in [2.05, 4.69) is 50.0 Å². The lowest BCUT2D eigenvalue weighted by molar-refractivity contribution is -0.145. The highest BCUT2D eigenvalue weighted by atomic mass is 16.7. The SMILES string of the molecule is CCCC/C=C\CCOC(CCCCCCCCN(CCO)CCCCCCCC(=O)OCCCCCCCCC)OCC/C=C\CCCC. The number of unbranched alkanes of at least 4 members (excludes halogenated alkanes) is 19. The van der Waals surface area contributed by atoms with Crippen molar-refractivity contribution < 1.29 is 24.1 Å². The second kappa shape index (κ2) is 42.2. The highest BCUT2D eigenvalue weighted by Gasteiger charge is 2.09. The van der Waals surface area contributed by atoms with Gasteiger partial charge in [0.05, 0.1) is 26.4 Å². The molecule has 0 aromatic carbocycles. The first-order chi connectivity index (χ1) is 24.7. The van der Waals surface area contributed by atoms with Crippen molar-refractivity contribution in [1.82, 2.24) is 4.90 Å². The smallest absolute Gasteiger partial charge is 0.305 e. The van der Waals surface area contributed by atoms with Gasteiger partial charge in [0.2, 0.25) is 0 Å². The van der Waals surface area contributed by atoms with Gasteiger partial charge in [0.25, 0.3) is 0 Å². The molecule has 296 valence electrons. The monoisotopic (exact) mass is 708 g/mol. The van der Waals surface area contributed by atoms with Crippen molar-refractivity contribution in [3.63, 3.8) is 0 Å². The molecule has 6 heteroatoms. The summed E-state index contributed by atoms with van der Waals surface area (Å²) in [6, 6.07) is 0. The first-order valence-electron chi connectivity index (χ1n) is 21.7. The summed E-state index contributed by atoms with van der Waals surface area (Å²) >= 11 is 0. The lowest BCUT2D eigenvalue weighted by atomic mass is 10.1. The molecule has 0 bridgehead atoms. The average molecular weight is 708 g/mol. The number of carbonyl (C=O) groups is 1. The highest BCUT2D eigenvalue weighted by Crippen LogP contribution is 2.14. The quantitative estimate of drug-likeness (QED) is 0.0295. The van der Waals surface area contributed by atoms with E-state index >= 15 is 0 Å². The van der Waals surface area contributed by atoms with E-state index in [1.807, 2.05) is 0 Å². The zero-order valence-electron chi connectivity index (χ0n) is 33.7. The molecule has 1 N–H and O–H groups in total. The fourth-order valence-corrected chi connectivity index (χ4v) is 6.15. The summed E-state index contributed by atoms with van der Waals surface area (Å²) in [7, 11) is 0. The summed E-state index contributed by atoms with van der Waals surface area (Å²) in [5.74, 6) is -0.0225. The van der Waals surface area contributed by atoms with E-state index in [0.29, 0.717) is 13.0 Å². The molecule has 0 saturated carbocycles. The second-order valence-electron chi connectivity index (χ2n) is 14.3. The zero-order valence-corrected chi connectivity index (χ0v) is 33.7. The minimum Gasteiger partial charge on any atom is -0.466 e. The molecule has 0 rings (SSSR count). The third-order valence-corrected chi connectivity index (χ3v) is 9.41. The highest BCUT2D eigenvalue weighted by molar-refractivity contribution is 5.69. The van der Waals surface area contributed by atoms with Crippen LogP contribution in [0.4, 0.5) is 0 Å². The molecule has 0 saturated heterocycles. The number of nitrogens with zero attached hydrogens (tertiary/aromatic N) is 1. The fraction of sp³-hybridized carbons (Fsp3) is 0.886. The maximum Gasteiger partial charge on any atom is 0.305 e. The van der Waals surface area contributed by atoms with Crippen LogP contribution in [0.1, 0.15) is 201 Å². The molecule has 0 unspecified atom stereocenters. The number of hydrogen-bond donors (Lipinski definition) is 1. The van der Waals surface area contributed by atoms with Gasteiger partial charge in [-0.25, -0.2) is 0 Å². The predicted octanol–water partition coefficient (Wildman–Crippen LogP) is 12.3. The molecule has 0 fully saturated rings. The molecular weight excluding hydrogens is 622 g/mol. The number of allylic oxidation sites excluding steroid dienone is 2. The molecular formula is C44H85NO5. The van der Waals surface area contributed by atoms with Crippen LogP contribution in [0.3, 0.4) is 0 Å². The van der Waals surface area contributed by atoms with Crippen molar-refractivity contribution in [3.05, 3.63) is 24.3 Å². The maximum absolute atomic E-state index is 12.0. The van der Waals surface area contributed by atoms with Crippen LogP contribution < -0.4 is 0 Å². The van der Waals surface area contributed by atoms with Crippen molar-refractivity contribution in [2.75, 3.05) is 46.1 Å². The molecule has 0 aromatic rings. The van der Waals surface area contributed by atoms with Crippen LogP contribution in [0.15, 0.2) is 24.3 Å². The van der Waals surface area contributed by atoms with Crippen LogP contribution in [-0.2, 0) is 19.0 Å². The van der Waals surface area contributed by atoms with E-state index < -0.39 is 0 Å². The van der Waals surface area contributed by atoms with Gasteiger partial charge in [-0.2, -0.15) is 0 Å². The van der Waals surface area contributed by atoms with Gasteiger partial charge in [0.1, 0.15) is 0 Å². The maximum atomic E-state index is 12.0. The molecule has 0 heterocycles. The number of esters is 1. The van der Waals surface area contributed by atoms with Crippen molar-refractivity contribution in [2.24, 2.45) is 0 Å². The van der Waals surface area contributed by atoms with Crippen molar-refractivity contribution in [1.29, 1.82) is 0 Å². The Labute approximate surface area is 311 Å². The molecule has 0 radical (unpaired) electrons. The zero-order chi connectivity index (χ0) is 36.4. The molecule has 6 nitrogen and oxygen atoms in total. The Morgan fingerprint density at radius 3 is 1.52 bits per heavy atom. The summed E-state index contributed by atoms with van der Waals surface area (Å²) in [4.78, 5) is 14.4. The van der Waals surface area contributed by atoms with Gasteiger partial charge in [-0.3, -0.25) is 4.79 Å². The number of rotatable bonds is 41. The first-order valence-corrected chi connectivity index (χ1v) is 21.7. The van der Waals surface area contributed by atoms with Crippen molar-refractivity contribution in [3.8, 4) is 0 Å². The molecule has 0 atom stereocenters. The van der Waals surface area contributed by atoms with Gasteiger partial charge in [-0.15, -0.1) is 0 Å². The van der Waals surface area contributed by atoms with Crippen molar-refractivity contribution >= 4 is 5.97 Å². The van der Waals surface area contributed by atoms with Gasteiger partial charge in [0, 0.05) is 13.0 Å². The fourth-order valence-electron chi connectivity index (χ4n) is 6.15. The minimum absolute atomic E-state index is 0.0225. The number of hydrogen-bond acceptors (Lipinski definition) is 6. The largest absolute Gasteiger partial charge is 0.466 e. The number of carbonyl (C=O) groups excluding carboxylic acids is 1. The summed E-state index contributed by atoms with van der Waals surface area (Å²) in [6.45, 7) is 11.9. The molecule has 50 heavy (non-hydrogen) atoms. The van der Waals surface area contributed by atoms with E-state index in [1.54, 1.807) is 0 Å². The van der Waals surface area contributed by atoms with E-state index in [0.717, 1.165) is 84.2 Å². The number of aliphatic hydroxyl groups is 1. The van der Waals surface area contributed by atoms with E-state index in [-0.39, 0.29) is 18.9 Å². The molecule has 0 amide bonds. The molecule has 0 aliphatic heterocycles. The lowest BCUT2D eigenvalue weighted by Gasteiger charge is -2.21. The Bertz CT molecular complexity index is 703. The van der Waals surface area contributed by atoms with E-state index in [9.17, 15) is 9.90 Å². The second-order valence-corrected chi connectivity index (χ2v) is 14.3. The predicted molar refractivity (Wildman–Crippen MR) is 215 cm³/mol. The third kappa shape index (κ3) is 38.0. The van der Waals surface area contributed by atoms with Crippen LogP contribution in [0.25, 0.3) is 0 Å². The Morgan fingerprint density at radius 1 is 0.520 bits per heavy atom. The van der Waals surface area contributed by atoms with E-state index in [4.69, 9.17) is 14.2 Å². The Hall–Kier alpha value is -1.21. The van der Waals surface area contributed by atoms with E-state index in [1.165, 1.54) is 122 Å². The van der Waals surface area contributed by atoms with Gasteiger partial charge in [-0.1, -0.05) is 154 Å². The Morgan fingerprint density at radius 2 is 0.980 bits per heavy atom. The summed E-state index contributed by atoms with van der Waals surface area (Å²) in [6.07, 6.45) is 41.4. The van der Waals surface area contributed by atoms with Crippen molar-refractivity contribution in [2.45, 2.75) is 207 Å². The molecule has 0 aliphatic carbocycles. The van der Waals surface area contributed by atoms with Gasteiger partial charge >= 0.3 is 5.97 Å². The standard InChI is InChI=1S/C44H85NO5/c1-4-7-10-13-18-26-31-40-48-43(47)34-27-20-19-23-30-37-45(38-39-46)36-29-22-17-16-21-28-35-44(49-41-32-24-14-11-8-5-2)50-42-33-25-15-12-9-6-3/h14-15,24-25,44,46H,4-13,16-23,26-42H2,1-3H3/b24-14-,25-15-. The van der Waals surface area contributed by atoms with Crippen LogP contribution in [-0.4, -0.2) is 68.3 Å². The number of ether oxygens (including phenoxy) is 3.